The van der Waals surface area contributed by atoms with Crippen LogP contribution in [0.15, 0.2) is 90.0 Å². The highest BCUT2D eigenvalue weighted by molar-refractivity contribution is 7.92. The first-order valence-corrected chi connectivity index (χ1v) is 13.4. The summed E-state index contributed by atoms with van der Waals surface area (Å²) >= 11 is 0. The van der Waals surface area contributed by atoms with Gasteiger partial charge in [-0.2, -0.15) is 0 Å². The summed E-state index contributed by atoms with van der Waals surface area (Å²) in [6, 6.07) is 22.6. The highest BCUT2D eigenvalue weighted by atomic mass is 32.2. The summed E-state index contributed by atoms with van der Waals surface area (Å²) in [5.41, 5.74) is 8.30. The van der Waals surface area contributed by atoms with E-state index in [0.29, 0.717) is 29.9 Å². The molecular weight excluding hydrogens is 488 g/mol. The third-order valence-corrected chi connectivity index (χ3v) is 8.37. The number of carbonyl (C=O) groups excluding carboxylic acids is 1. The molecule has 0 radical (unpaired) electrons. The Morgan fingerprint density at radius 1 is 1.03 bits per heavy atom. The minimum atomic E-state index is -3.87. The number of para-hydroxylation sites is 2. The van der Waals surface area contributed by atoms with Crippen molar-refractivity contribution in [1.82, 2.24) is 9.88 Å². The zero-order valence-corrected chi connectivity index (χ0v) is 21.4. The molecule has 0 saturated carbocycles. The van der Waals surface area contributed by atoms with Crippen molar-refractivity contribution in [3.63, 3.8) is 0 Å². The van der Waals surface area contributed by atoms with Crippen LogP contribution in [0.4, 0.5) is 5.69 Å². The number of hydrogen-bond donors (Lipinski definition) is 2. The molecule has 8 nitrogen and oxygen atoms in total. The van der Waals surface area contributed by atoms with Gasteiger partial charge >= 0.3 is 0 Å². The van der Waals surface area contributed by atoms with Crippen molar-refractivity contribution in [3.05, 3.63) is 96.2 Å². The van der Waals surface area contributed by atoms with Crippen molar-refractivity contribution in [2.24, 2.45) is 11.7 Å². The Bertz CT molecular complexity index is 1560. The van der Waals surface area contributed by atoms with E-state index in [1.54, 1.807) is 36.4 Å². The number of nitrogens with one attached hydrogen (secondary N) is 1. The molecule has 3 N–H and O–H groups in total. The number of ether oxygens (including phenoxy) is 1. The lowest BCUT2D eigenvalue weighted by Crippen LogP contribution is -2.60. The molecule has 1 aromatic heterocycles. The number of sulfonamides is 1. The van der Waals surface area contributed by atoms with Crippen molar-refractivity contribution in [2.75, 3.05) is 24.9 Å². The summed E-state index contributed by atoms with van der Waals surface area (Å²) in [7, 11) is -2.25. The average Bonchev–Trinajstić information content (AvgIpc) is 2.87. The second-order valence-electron chi connectivity index (χ2n) is 9.40. The molecule has 1 aliphatic heterocycles. The third-order valence-electron chi connectivity index (χ3n) is 6.99. The Kier molecular flexibility index (Phi) is 6.35. The summed E-state index contributed by atoms with van der Waals surface area (Å²) in [6.07, 6.45) is 1.62. The van der Waals surface area contributed by atoms with E-state index in [1.807, 2.05) is 43.3 Å². The molecule has 1 unspecified atom stereocenters. The number of nitrogens with zero attached hydrogens (tertiary/aromatic N) is 2. The smallest absolute Gasteiger partial charge is 0.261 e. The molecule has 0 spiro atoms. The van der Waals surface area contributed by atoms with E-state index in [0.717, 1.165) is 16.7 Å². The van der Waals surface area contributed by atoms with Gasteiger partial charge in [0.05, 0.1) is 23.2 Å². The van der Waals surface area contributed by atoms with Crippen LogP contribution in [0, 0.1) is 5.92 Å². The summed E-state index contributed by atoms with van der Waals surface area (Å²) in [6.45, 7) is 2.95. The van der Waals surface area contributed by atoms with Crippen LogP contribution < -0.4 is 15.2 Å². The number of anilines is 1. The molecule has 1 amide bonds. The van der Waals surface area contributed by atoms with Crippen LogP contribution in [0.25, 0.3) is 10.9 Å². The first-order chi connectivity index (χ1) is 17.7. The van der Waals surface area contributed by atoms with E-state index < -0.39 is 15.6 Å². The Labute approximate surface area is 216 Å². The lowest BCUT2D eigenvalue weighted by Gasteiger charge is -2.47. The number of fused-ring (bicyclic) bond motifs is 1. The lowest BCUT2D eigenvalue weighted by molar-refractivity contribution is 0.0318. The second kappa shape index (κ2) is 9.49. The van der Waals surface area contributed by atoms with Crippen molar-refractivity contribution in [3.8, 4) is 5.75 Å². The molecule has 0 bridgehead atoms. The van der Waals surface area contributed by atoms with Crippen molar-refractivity contribution < 1.29 is 17.9 Å². The van der Waals surface area contributed by atoms with E-state index in [1.165, 1.54) is 24.3 Å². The fourth-order valence-corrected chi connectivity index (χ4v) is 5.75. The minimum absolute atomic E-state index is 0.0594. The maximum Gasteiger partial charge on any atom is 0.261 e. The zero-order chi connectivity index (χ0) is 26.2. The van der Waals surface area contributed by atoms with E-state index >= 15 is 0 Å². The van der Waals surface area contributed by atoms with Crippen LogP contribution in [0.3, 0.4) is 0 Å². The van der Waals surface area contributed by atoms with Crippen LogP contribution in [0.2, 0.25) is 0 Å². The molecule has 2 heterocycles. The molecule has 1 atom stereocenters. The van der Waals surface area contributed by atoms with Gasteiger partial charge in [0.25, 0.3) is 15.9 Å². The van der Waals surface area contributed by atoms with Gasteiger partial charge in [0.15, 0.2) is 0 Å². The Morgan fingerprint density at radius 3 is 2.46 bits per heavy atom. The van der Waals surface area contributed by atoms with Gasteiger partial charge in [-0.15, -0.1) is 0 Å². The molecule has 5 rings (SSSR count). The molecule has 0 aliphatic carbocycles. The Balaban J connectivity index is 1.27. The summed E-state index contributed by atoms with van der Waals surface area (Å²) in [4.78, 5) is 19.1. The largest absolute Gasteiger partial charge is 0.496 e. The average molecular weight is 517 g/mol. The number of benzene rings is 3. The first kappa shape index (κ1) is 24.7. The van der Waals surface area contributed by atoms with Gasteiger partial charge in [0.1, 0.15) is 5.75 Å². The molecule has 9 heteroatoms. The molecule has 4 aromatic rings. The summed E-state index contributed by atoms with van der Waals surface area (Å²) < 4.78 is 34.1. The maximum absolute atomic E-state index is 13.0. The molecule has 3 aromatic carbocycles. The lowest BCUT2D eigenvalue weighted by atomic mass is 9.75. The van der Waals surface area contributed by atoms with Crippen molar-refractivity contribution in [1.29, 1.82) is 0 Å². The van der Waals surface area contributed by atoms with E-state index in [4.69, 9.17) is 10.5 Å². The minimum Gasteiger partial charge on any atom is -0.496 e. The SMILES string of the molecule is COc1ccccc1C(C)(N)C1CN(C(=O)c2ccc(S(=O)(=O)Nc3cccc4cccnc34)cc2)C1. The van der Waals surface area contributed by atoms with Gasteiger partial charge in [0.2, 0.25) is 0 Å². The predicted molar refractivity (Wildman–Crippen MR) is 143 cm³/mol. The monoisotopic (exact) mass is 516 g/mol. The predicted octanol–water partition coefficient (Wildman–Crippen LogP) is 3.99. The fourth-order valence-electron chi connectivity index (χ4n) is 4.68. The molecule has 37 heavy (non-hydrogen) atoms. The van der Waals surface area contributed by atoms with E-state index in [9.17, 15) is 13.2 Å². The molecule has 1 aliphatic rings. The van der Waals surface area contributed by atoms with Crippen molar-refractivity contribution in [2.45, 2.75) is 17.4 Å². The van der Waals surface area contributed by atoms with Gasteiger partial charge in [0, 0.05) is 47.3 Å². The van der Waals surface area contributed by atoms with Gasteiger partial charge in [-0.25, -0.2) is 8.42 Å². The van der Waals surface area contributed by atoms with Crippen LogP contribution in [0.1, 0.15) is 22.8 Å². The van der Waals surface area contributed by atoms with Crippen molar-refractivity contribution >= 4 is 32.5 Å². The maximum atomic E-state index is 13.0. The molecule has 1 fully saturated rings. The van der Waals surface area contributed by atoms with Crippen LogP contribution >= 0.6 is 0 Å². The topological polar surface area (TPSA) is 115 Å². The van der Waals surface area contributed by atoms with Gasteiger partial charge in [-0.3, -0.25) is 14.5 Å². The number of nitrogens with two attached hydrogens (primary N) is 1. The summed E-state index contributed by atoms with van der Waals surface area (Å²) in [5.74, 6) is 0.620. The number of pyridine rings is 1. The number of aromatic nitrogens is 1. The van der Waals surface area contributed by atoms with Crippen LogP contribution in [-0.4, -0.2) is 44.4 Å². The zero-order valence-electron chi connectivity index (χ0n) is 20.6. The summed E-state index contributed by atoms with van der Waals surface area (Å²) in [5, 5.41) is 0.829. The quantitative estimate of drug-likeness (QED) is 0.384. The standard InChI is InChI=1S/C28H28N4O4S/c1-28(29,23-9-3-4-11-25(23)36-2)21-17-32(18-21)27(33)20-12-14-22(15-13-20)37(34,35)31-24-10-5-7-19-8-6-16-30-26(19)24/h3-16,21,31H,17-18,29H2,1-2H3. The Morgan fingerprint density at radius 2 is 1.73 bits per heavy atom. The number of hydrogen-bond acceptors (Lipinski definition) is 6. The second-order valence-corrected chi connectivity index (χ2v) is 11.1. The normalized spacial score (nSPS) is 15.6. The van der Waals surface area contributed by atoms with Gasteiger partial charge < -0.3 is 15.4 Å². The van der Waals surface area contributed by atoms with Gasteiger partial charge in [-0.1, -0.05) is 36.4 Å². The van der Waals surface area contributed by atoms with Crippen LogP contribution in [-0.2, 0) is 15.6 Å². The molecule has 190 valence electrons. The number of amides is 1. The van der Waals surface area contributed by atoms with Gasteiger partial charge in [-0.05, 0) is 49.4 Å². The van der Waals surface area contributed by atoms with Crippen LogP contribution in [0.5, 0.6) is 5.75 Å². The molecule has 1 saturated heterocycles. The fraction of sp³-hybridized carbons (Fsp3) is 0.214. The Hall–Kier alpha value is -3.95. The third kappa shape index (κ3) is 4.63. The molecular formula is C28H28N4O4S. The van der Waals surface area contributed by atoms with E-state index in [2.05, 4.69) is 9.71 Å². The first-order valence-electron chi connectivity index (χ1n) is 11.9. The van der Waals surface area contributed by atoms with E-state index in [-0.39, 0.29) is 16.7 Å². The highest BCUT2D eigenvalue weighted by Gasteiger charge is 2.43. The number of carbonyl (C=O) groups is 1. The number of methoxy groups -OCH3 is 1. The number of likely N-dealkylation sites (tertiary alicyclic amines) is 1. The highest BCUT2D eigenvalue weighted by Crippen LogP contribution is 2.38. The number of rotatable bonds is 7.